The van der Waals surface area contributed by atoms with Gasteiger partial charge in [0.2, 0.25) is 0 Å². The first-order chi connectivity index (χ1) is 11.5. The van der Waals surface area contributed by atoms with Gasteiger partial charge in [0.25, 0.3) is 0 Å². The van der Waals surface area contributed by atoms with E-state index in [0.717, 1.165) is 14.8 Å². The van der Waals surface area contributed by atoms with E-state index in [1.165, 1.54) is 0 Å². The average Bonchev–Trinajstić information content (AvgIpc) is 2.56. The molecule has 2 rings (SSSR count). The summed E-state index contributed by atoms with van der Waals surface area (Å²) in [6.07, 6.45) is 0.501. The molecule has 0 aliphatic heterocycles. The van der Waals surface area contributed by atoms with Gasteiger partial charge >= 0.3 is 6.03 Å². The zero-order valence-electron chi connectivity index (χ0n) is 12.8. The van der Waals surface area contributed by atoms with Crippen molar-refractivity contribution in [1.29, 1.82) is 0 Å². The number of benzene rings is 2. The molecule has 0 atom stereocenters. The standard InChI is InChI=1S/C17H17Cl2IN2O2/c18-13-7-6-12(10-14(13)19)11-22(8-3-9-23)17(24)21-16-5-2-1-4-15(16)20/h1-2,4-7,10,23H,3,8-9,11H2,(H,21,24). The van der Waals surface area contributed by atoms with Crippen LogP contribution in [-0.4, -0.2) is 29.2 Å². The van der Waals surface area contributed by atoms with Crippen molar-refractivity contribution in [3.8, 4) is 0 Å². The number of nitrogens with zero attached hydrogens (tertiary/aromatic N) is 1. The zero-order valence-corrected chi connectivity index (χ0v) is 16.5. The number of nitrogens with one attached hydrogen (secondary N) is 1. The lowest BCUT2D eigenvalue weighted by atomic mass is 10.2. The van der Waals surface area contributed by atoms with Crippen molar-refractivity contribution in [2.24, 2.45) is 0 Å². The molecule has 0 aliphatic rings. The van der Waals surface area contributed by atoms with Crippen molar-refractivity contribution < 1.29 is 9.90 Å². The highest BCUT2D eigenvalue weighted by atomic mass is 127. The van der Waals surface area contributed by atoms with Gasteiger partial charge in [-0.2, -0.15) is 0 Å². The van der Waals surface area contributed by atoms with Gasteiger partial charge in [-0.1, -0.05) is 41.4 Å². The molecule has 2 aromatic rings. The molecule has 2 N–H and O–H groups in total. The summed E-state index contributed by atoms with van der Waals surface area (Å²) in [7, 11) is 0. The van der Waals surface area contributed by atoms with Crippen LogP contribution >= 0.6 is 45.8 Å². The number of aliphatic hydroxyl groups is 1. The molecule has 128 valence electrons. The quantitative estimate of drug-likeness (QED) is 0.573. The van der Waals surface area contributed by atoms with E-state index in [9.17, 15) is 4.79 Å². The number of hydrogen-bond donors (Lipinski definition) is 2. The van der Waals surface area contributed by atoms with E-state index in [0.29, 0.717) is 29.6 Å². The Morgan fingerprint density at radius 1 is 1.17 bits per heavy atom. The summed E-state index contributed by atoms with van der Waals surface area (Å²) in [5, 5.41) is 12.9. The van der Waals surface area contributed by atoms with Crippen molar-refractivity contribution in [3.05, 3.63) is 61.6 Å². The van der Waals surface area contributed by atoms with Crippen LogP contribution < -0.4 is 5.32 Å². The van der Waals surface area contributed by atoms with Gasteiger partial charge in [-0.15, -0.1) is 0 Å². The minimum absolute atomic E-state index is 0.0219. The van der Waals surface area contributed by atoms with E-state index >= 15 is 0 Å². The number of urea groups is 1. The number of aliphatic hydroxyl groups excluding tert-OH is 1. The van der Waals surface area contributed by atoms with E-state index in [2.05, 4.69) is 27.9 Å². The number of amides is 2. The minimum atomic E-state index is -0.223. The monoisotopic (exact) mass is 478 g/mol. The van der Waals surface area contributed by atoms with Gasteiger partial charge in [-0.25, -0.2) is 4.79 Å². The second-order valence-electron chi connectivity index (χ2n) is 5.16. The fraction of sp³-hybridized carbons (Fsp3) is 0.235. The van der Waals surface area contributed by atoms with E-state index in [4.69, 9.17) is 28.3 Å². The lowest BCUT2D eigenvalue weighted by Crippen LogP contribution is -2.35. The summed E-state index contributed by atoms with van der Waals surface area (Å²) in [6, 6.07) is 12.6. The summed E-state index contributed by atoms with van der Waals surface area (Å²) >= 11 is 14.1. The van der Waals surface area contributed by atoms with Crippen LogP contribution in [0.5, 0.6) is 0 Å². The Labute approximate surface area is 164 Å². The molecule has 2 amide bonds. The van der Waals surface area contributed by atoms with Crippen LogP contribution in [0.1, 0.15) is 12.0 Å². The second-order valence-corrected chi connectivity index (χ2v) is 7.13. The summed E-state index contributed by atoms with van der Waals surface area (Å²) in [6.45, 7) is 0.839. The van der Waals surface area contributed by atoms with Crippen molar-refractivity contribution >= 4 is 57.5 Å². The summed E-state index contributed by atoms with van der Waals surface area (Å²) in [5.74, 6) is 0. The Morgan fingerprint density at radius 2 is 1.92 bits per heavy atom. The molecule has 7 heteroatoms. The fourth-order valence-corrected chi connectivity index (χ4v) is 2.97. The largest absolute Gasteiger partial charge is 0.396 e. The van der Waals surface area contributed by atoms with E-state index < -0.39 is 0 Å². The van der Waals surface area contributed by atoms with Crippen LogP contribution in [0.4, 0.5) is 10.5 Å². The van der Waals surface area contributed by atoms with Gasteiger partial charge in [0.05, 0.1) is 15.7 Å². The maximum Gasteiger partial charge on any atom is 0.322 e. The van der Waals surface area contributed by atoms with E-state index in [1.54, 1.807) is 17.0 Å². The summed E-state index contributed by atoms with van der Waals surface area (Å²) < 4.78 is 0.958. The average molecular weight is 479 g/mol. The van der Waals surface area contributed by atoms with Crippen molar-refractivity contribution in [2.45, 2.75) is 13.0 Å². The molecular formula is C17H17Cl2IN2O2. The number of carbonyl (C=O) groups is 1. The molecule has 4 nitrogen and oxygen atoms in total. The molecule has 0 radical (unpaired) electrons. The van der Waals surface area contributed by atoms with Crippen LogP contribution in [0.2, 0.25) is 10.0 Å². The first-order valence-electron chi connectivity index (χ1n) is 7.36. The van der Waals surface area contributed by atoms with Crippen LogP contribution in [0.3, 0.4) is 0 Å². The highest BCUT2D eigenvalue weighted by Crippen LogP contribution is 2.24. The summed E-state index contributed by atoms with van der Waals surface area (Å²) in [4.78, 5) is 14.2. The van der Waals surface area contributed by atoms with Crippen molar-refractivity contribution in [3.63, 3.8) is 0 Å². The van der Waals surface area contributed by atoms with E-state index in [1.807, 2.05) is 30.3 Å². The zero-order chi connectivity index (χ0) is 17.5. The number of halogens is 3. The first-order valence-corrected chi connectivity index (χ1v) is 9.20. The molecule has 0 heterocycles. The molecule has 0 saturated heterocycles. The maximum atomic E-state index is 12.6. The predicted octanol–water partition coefficient (Wildman–Crippen LogP) is 5.01. The van der Waals surface area contributed by atoms with Crippen LogP contribution in [-0.2, 0) is 6.54 Å². The molecule has 2 aromatic carbocycles. The topological polar surface area (TPSA) is 52.6 Å². The van der Waals surface area contributed by atoms with Crippen LogP contribution in [0.15, 0.2) is 42.5 Å². The SMILES string of the molecule is O=C(Nc1ccccc1I)N(CCCO)Cc1ccc(Cl)c(Cl)c1. The molecule has 0 unspecified atom stereocenters. The van der Waals surface area contributed by atoms with Gasteiger partial charge in [0.1, 0.15) is 0 Å². The third-order valence-corrected chi connectivity index (χ3v) is 5.03. The lowest BCUT2D eigenvalue weighted by molar-refractivity contribution is 0.199. The summed E-state index contributed by atoms with van der Waals surface area (Å²) in [5.41, 5.74) is 1.63. The Balaban J connectivity index is 2.13. The van der Waals surface area contributed by atoms with Crippen molar-refractivity contribution in [1.82, 2.24) is 4.90 Å². The minimum Gasteiger partial charge on any atom is -0.396 e. The van der Waals surface area contributed by atoms with Crippen LogP contribution in [0.25, 0.3) is 0 Å². The molecule has 24 heavy (non-hydrogen) atoms. The number of hydrogen-bond acceptors (Lipinski definition) is 2. The molecule has 0 spiro atoms. The third kappa shape index (κ3) is 5.51. The first kappa shape index (κ1) is 19.3. The van der Waals surface area contributed by atoms with Gasteiger partial charge in [-0.3, -0.25) is 0 Å². The number of rotatable bonds is 6. The van der Waals surface area contributed by atoms with E-state index in [-0.39, 0.29) is 12.6 Å². The fourth-order valence-electron chi connectivity index (χ4n) is 2.13. The Hall–Kier alpha value is -1.02. The normalized spacial score (nSPS) is 10.5. The number of anilines is 1. The number of carbonyl (C=O) groups excluding carboxylic acids is 1. The third-order valence-electron chi connectivity index (χ3n) is 3.35. The van der Waals surface area contributed by atoms with Gasteiger partial charge in [0.15, 0.2) is 0 Å². The molecular weight excluding hydrogens is 462 g/mol. The molecule has 0 fully saturated rings. The highest BCUT2D eigenvalue weighted by molar-refractivity contribution is 14.1. The Bertz CT molecular complexity index is 713. The van der Waals surface area contributed by atoms with Crippen LogP contribution in [0, 0.1) is 3.57 Å². The molecule has 0 bridgehead atoms. The molecule has 0 aliphatic carbocycles. The Morgan fingerprint density at radius 3 is 2.58 bits per heavy atom. The number of para-hydroxylation sites is 1. The van der Waals surface area contributed by atoms with Crippen molar-refractivity contribution in [2.75, 3.05) is 18.5 Å². The highest BCUT2D eigenvalue weighted by Gasteiger charge is 2.15. The lowest BCUT2D eigenvalue weighted by Gasteiger charge is -2.23. The Kier molecular flexibility index (Phi) is 7.61. The van der Waals surface area contributed by atoms with Gasteiger partial charge in [-0.05, 0) is 58.8 Å². The van der Waals surface area contributed by atoms with Gasteiger partial charge < -0.3 is 15.3 Å². The molecule has 0 aromatic heterocycles. The van der Waals surface area contributed by atoms with Gasteiger partial charge in [0, 0.05) is 23.3 Å². The second kappa shape index (κ2) is 9.46. The maximum absolute atomic E-state index is 12.6. The predicted molar refractivity (Wildman–Crippen MR) is 107 cm³/mol. The molecule has 0 saturated carbocycles. The smallest absolute Gasteiger partial charge is 0.322 e.